The Morgan fingerprint density at radius 2 is 2.33 bits per heavy atom. The Morgan fingerprint density at radius 3 is 2.78 bits per heavy atom. The number of carbonyl (C=O) groups excluding carboxylic acids is 1. The minimum Gasteiger partial charge on any atom is -0.338 e. The Bertz CT molecular complexity index is 143. The predicted molar refractivity (Wildman–Crippen MR) is 35.7 cm³/mol. The van der Waals surface area contributed by atoms with Crippen LogP contribution in [-0.2, 0) is 0 Å². The maximum absolute atomic E-state index is 10.5. The Balaban J connectivity index is 3.35. The van der Waals surface area contributed by atoms with Gasteiger partial charge in [-0.2, -0.15) is 0 Å². The van der Waals surface area contributed by atoms with Gasteiger partial charge in [-0.25, -0.2) is 4.79 Å². The summed E-state index contributed by atoms with van der Waals surface area (Å²) in [6, 6.07) is 2.18. The highest BCUT2D eigenvalue weighted by atomic mass is 16.2. The zero-order chi connectivity index (χ0) is 7.11. The molecule has 0 spiro atoms. The van der Waals surface area contributed by atoms with E-state index < -0.39 is 0 Å². The van der Waals surface area contributed by atoms with Gasteiger partial charge in [-0.15, -0.1) is 0 Å². The molecule has 0 aromatic carbocycles. The molecule has 0 aliphatic carbocycles. The van der Waals surface area contributed by atoms with Crippen LogP contribution in [0.4, 0.5) is 4.79 Å². The van der Waals surface area contributed by atoms with Crippen molar-refractivity contribution in [2.45, 2.75) is 13.8 Å². The van der Waals surface area contributed by atoms with E-state index in [-0.39, 0.29) is 6.03 Å². The Hall–Kier alpha value is -1.17. The van der Waals surface area contributed by atoms with Crippen LogP contribution in [0.5, 0.6) is 0 Å². The van der Waals surface area contributed by atoms with Crippen molar-refractivity contribution in [3.05, 3.63) is 0 Å². The van der Waals surface area contributed by atoms with Gasteiger partial charge >= 0.3 is 6.03 Å². The number of amides is 2. The fourth-order valence-corrected chi connectivity index (χ4v) is 0.324. The minimum absolute atomic E-state index is 0.244. The van der Waals surface area contributed by atoms with Gasteiger partial charge in [0, 0.05) is 12.6 Å². The molecule has 2 N–H and O–H groups in total. The molecule has 0 atom stereocenters. The molecule has 0 aromatic heterocycles. The summed E-state index contributed by atoms with van der Waals surface area (Å²) in [7, 11) is 0. The van der Waals surface area contributed by atoms with Gasteiger partial charge in [0.15, 0.2) is 0 Å². The zero-order valence-corrected chi connectivity index (χ0v) is 5.62. The second-order valence-electron chi connectivity index (χ2n) is 1.36. The molecule has 0 radical (unpaired) electrons. The first kappa shape index (κ1) is 7.83. The molecule has 0 aliphatic rings. The number of nitrogens with one attached hydrogen (secondary N) is 2. The predicted octanol–water partition coefficient (Wildman–Crippen LogP) is 0.286. The van der Waals surface area contributed by atoms with Gasteiger partial charge < -0.3 is 5.32 Å². The van der Waals surface area contributed by atoms with Crippen molar-refractivity contribution in [2.75, 3.05) is 6.54 Å². The summed E-state index contributed by atoms with van der Waals surface area (Å²) in [5, 5.41) is 4.85. The third-order valence-corrected chi connectivity index (χ3v) is 0.638. The van der Waals surface area contributed by atoms with Crippen molar-refractivity contribution in [1.29, 1.82) is 0 Å². The van der Waals surface area contributed by atoms with E-state index in [1.165, 1.54) is 0 Å². The van der Waals surface area contributed by atoms with E-state index >= 15 is 0 Å². The molecule has 0 saturated carbocycles. The lowest BCUT2D eigenvalue weighted by Crippen LogP contribution is -2.31. The third kappa shape index (κ3) is 4.69. The minimum atomic E-state index is -0.244. The van der Waals surface area contributed by atoms with Gasteiger partial charge in [-0.3, -0.25) is 5.32 Å². The second-order valence-corrected chi connectivity index (χ2v) is 1.36. The van der Waals surface area contributed by atoms with Gasteiger partial charge in [-0.05, 0) is 13.8 Å². The van der Waals surface area contributed by atoms with Crippen LogP contribution in [-0.4, -0.2) is 12.6 Å². The number of hydrogen-bond acceptors (Lipinski definition) is 1. The fourth-order valence-electron chi connectivity index (χ4n) is 0.324. The topological polar surface area (TPSA) is 41.1 Å². The SMILES string of the molecule is CC#CNC(=O)NCC. The molecule has 50 valence electrons. The van der Waals surface area contributed by atoms with Crippen LogP contribution in [0.2, 0.25) is 0 Å². The molecular formula is C6H10N2O. The summed E-state index contributed by atoms with van der Waals surface area (Å²) < 4.78 is 0. The summed E-state index contributed by atoms with van der Waals surface area (Å²) in [5.74, 6) is 2.54. The molecule has 0 rings (SSSR count). The monoisotopic (exact) mass is 126 g/mol. The first-order valence-corrected chi connectivity index (χ1v) is 2.76. The number of carbonyl (C=O) groups is 1. The third-order valence-electron chi connectivity index (χ3n) is 0.638. The first-order chi connectivity index (χ1) is 4.31. The Morgan fingerprint density at radius 1 is 1.67 bits per heavy atom. The Labute approximate surface area is 54.8 Å². The van der Waals surface area contributed by atoms with E-state index in [4.69, 9.17) is 0 Å². The lowest BCUT2D eigenvalue weighted by atomic mass is 10.7. The molecule has 0 heterocycles. The molecular weight excluding hydrogens is 116 g/mol. The lowest BCUT2D eigenvalue weighted by Gasteiger charge is -1.95. The average molecular weight is 126 g/mol. The van der Waals surface area contributed by atoms with Crippen molar-refractivity contribution in [1.82, 2.24) is 10.6 Å². The van der Waals surface area contributed by atoms with Crippen LogP contribution < -0.4 is 10.6 Å². The summed E-state index contributed by atoms with van der Waals surface area (Å²) in [6.45, 7) is 4.13. The molecule has 3 nitrogen and oxygen atoms in total. The average Bonchev–Trinajstić information content (AvgIpc) is 1.85. The van der Waals surface area contributed by atoms with E-state index in [0.717, 1.165) is 0 Å². The maximum Gasteiger partial charge on any atom is 0.326 e. The molecule has 0 fully saturated rings. The van der Waals surface area contributed by atoms with Gasteiger partial charge in [0.05, 0.1) is 0 Å². The van der Waals surface area contributed by atoms with Crippen molar-refractivity contribution < 1.29 is 4.79 Å². The van der Waals surface area contributed by atoms with Crippen molar-refractivity contribution in [3.63, 3.8) is 0 Å². The van der Waals surface area contributed by atoms with Crippen LogP contribution in [0.3, 0.4) is 0 Å². The van der Waals surface area contributed by atoms with E-state index in [2.05, 4.69) is 22.6 Å². The highest BCUT2D eigenvalue weighted by Crippen LogP contribution is 1.59. The number of rotatable bonds is 1. The van der Waals surface area contributed by atoms with E-state index in [0.29, 0.717) is 6.54 Å². The van der Waals surface area contributed by atoms with Crippen molar-refractivity contribution in [2.24, 2.45) is 0 Å². The fraction of sp³-hybridized carbons (Fsp3) is 0.500. The molecule has 3 heteroatoms. The standard InChI is InChI=1S/C6H10N2O/c1-3-5-8-6(9)7-4-2/h4H2,1-2H3,(H2,7,8,9). The summed E-state index contributed by atoms with van der Waals surface area (Å²) in [4.78, 5) is 10.5. The van der Waals surface area contributed by atoms with Gasteiger partial charge in [0.25, 0.3) is 0 Å². The second kappa shape index (κ2) is 4.98. The van der Waals surface area contributed by atoms with Crippen LogP contribution in [0.1, 0.15) is 13.8 Å². The maximum atomic E-state index is 10.5. The summed E-state index contributed by atoms with van der Waals surface area (Å²) >= 11 is 0. The smallest absolute Gasteiger partial charge is 0.326 e. The quantitative estimate of drug-likeness (QED) is 0.384. The largest absolute Gasteiger partial charge is 0.338 e. The Kier molecular flexibility index (Phi) is 4.33. The molecule has 9 heavy (non-hydrogen) atoms. The number of hydrogen-bond donors (Lipinski definition) is 2. The summed E-state index contributed by atoms with van der Waals surface area (Å²) in [5.41, 5.74) is 0. The van der Waals surface area contributed by atoms with Crippen molar-refractivity contribution in [3.8, 4) is 12.0 Å². The van der Waals surface area contributed by atoms with Gasteiger partial charge in [0.1, 0.15) is 0 Å². The first-order valence-electron chi connectivity index (χ1n) is 2.76. The van der Waals surface area contributed by atoms with E-state index in [1.807, 2.05) is 6.92 Å². The molecule has 0 aliphatic heterocycles. The van der Waals surface area contributed by atoms with Crippen LogP contribution in [0.15, 0.2) is 0 Å². The number of urea groups is 1. The zero-order valence-electron chi connectivity index (χ0n) is 5.62. The van der Waals surface area contributed by atoms with E-state index in [9.17, 15) is 4.79 Å². The lowest BCUT2D eigenvalue weighted by molar-refractivity contribution is 0.245. The molecule has 0 unspecified atom stereocenters. The normalized spacial score (nSPS) is 6.89. The highest BCUT2D eigenvalue weighted by molar-refractivity contribution is 5.75. The van der Waals surface area contributed by atoms with Crippen molar-refractivity contribution >= 4 is 6.03 Å². The van der Waals surface area contributed by atoms with Crippen LogP contribution >= 0.6 is 0 Å². The molecule has 2 amide bonds. The summed E-state index contributed by atoms with van der Waals surface area (Å²) in [6.07, 6.45) is 0. The van der Waals surface area contributed by atoms with Gasteiger partial charge in [-0.1, -0.05) is 5.92 Å². The molecule has 0 bridgehead atoms. The van der Waals surface area contributed by atoms with E-state index in [1.54, 1.807) is 6.92 Å². The molecule has 0 aromatic rings. The van der Waals surface area contributed by atoms with Crippen LogP contribution in [0, 0.1) is 12.0 Å². The van der Waals surface area contributed by atoms with Gasteiger partial charge in [0.2, 0.25) is 0 Å². The highest BCUT2D eigenvalue weighted by Gasteiger charge is 1.89. The van der Waals surface area contributed by atoms with Crippen LogP contribution in [0.25, 0.3) is 0 Å². The molecule has 0 saturated heterocycles.